The third-order valence-corrected chi connectivity index (χ3v) is 4.95. The molecule has 1 aliphatic carbocycles. The van der Waals surface area contributed by atoms with E-state index in [0.717, 1.165) is 23.2 Å². The average Bonchev–Trinajstić information content (AvgIpc) is 3.06. The highest BCUT2D eigenvalue weighted by Crippen LogP contribution is 2.35. The Morgan fingerprint density at radius 2 is 1.70 bits per heavy atom. The van der Waals surface area contributed by atoms with Gasteiger partial charge < -0.3 is 4.42 Å². The molecule has 1 aromatic heterocycles. The largest absolute Gasteiger partial charge is 0.456 e. The van der Waals surface area contributed by atoms with E-state index >= 15 is 0 Å². The van der Waals surface area contributed by atoms with Gasteiger partial charge in [0.05, 0.1) is 0 Å². The summed E-state index contributed by atoms with van der Waals surface area (Å²) in [6.45, 7) is 0. The minimum atomic E-state index is 0.685. The topological polar surface area (TPSA) is 30.2 Å². The van der Waals surface area contributed by atoms with Crippen molar-refractivity contribution in [1.82, 2.24) is 0 Å². The molecule has 1 saturated carbocycles. The summed E-state index contributed by atoms with van der Waals surface area (Å²) in [7, 11) is 0. The van der Waals surface area contributed by atoms with Gasteiger partial charge in [0.15, 0.2) is 0 Å². The van der Waals surface area contributed by atoms with Crippen LogP contribution in [0.5, 0.6) is 0 Å². The monoisotopic (exact) mass is 304 g/mol. The van der Waals surface area contributed by atoms with Crippen LogP contribution in [0.15, 0.2) is 52.9 Å². The number of carbonyl (C=O) groups excluding carboxylic acids is 1. The summed E-state index contributed by atoms with van der Waals surface area (Å²) >= 11 is 0. The highest BCUT2D eigenvalue weighted by Gasteiger charge is 2.16. The molecule has 0 aliphatic heterocycles. The minimum Gasteiger partial charge on any atom is -0.456 e. The van der Waals surface area contributed by atoms with Crippen LogP contribution < -0.4 is 0 Å². The molecule has 23 heavy (non-hydrogen) atoms. The Labute approximate surface area is 136 Å². The summed E-state index contributed by atoms with van der Waals surface area (Å²) in [5.41, 5.74) is 4.07. The summed E-state index contributed by atoms with van der Waals surface area (Å²) in [5.74, 6) is 1.57. The van der Waals surface area contributed by atoms with E-state index < -0.39 is 0 Å². The number of rotatable bonds is 3. The second-order valence-corrected chi connectivity index (χ2v) is 6.48. The standard InChI is InChI=1S/C21H20O2/c22-14-15-6-8-17(9-7-15)21-13-19-12-18(10-11-20(19)23-21)16-4-2-1-3-5-16/h6-14,16H,1-5H2. The van der Waals surface area contributed by atoms with Crippen LogP contribution in [0.2, 0.25) is 0 Å². The summed E-state index contributed by atoms with van der Waals surface area (Å²) < 4.78 is 5.98. The van der Waals surface area contributed by atoms with Crippen LogP contribution in [0.3, 0.4) is 0 Å². The number of aldehydes is 1. The predicted octanol–water partition coefficient (Wildman–Crippen LogP) is 5.96. The lowest BCUT2D eigenvalue weighted by Gasteiger charge is -2.21. The molecule has 0 atom stereocenters. The van der Waals surface area contributed by atoms with Crippen molar-refractivity contribution in [1.29, 1.82) is 0 Å². The molecule has 2 heteroatoms. The Morgan fingerprint density at radius 1 is 0.913 bits per heavy atom. The van der Waals surface area contributed by atoms with Crippen LogP contribution in [0.1, 0.15) is 53.9 Å². The van der Waals surface area contributed by atoms with Gasteiger partial charge in [0.2, 0.25) is 0 Å². The molecule has 1 heterocycles. The molecule has 4 rings (SSSR count). The first kappa shape index (κ1) is 14.3. The van der Waals surface area contributed by atoms with Crippen molar-refractivity contribution in [3.8, 4) is 11.3 Å². The molecule has 0 N–H and O–H groups in total. The van der Waals surface area contributed by atoms with Crippen molar-refractivity contribution in [2.24, 2.45) is 0 Å². The minimum absolute atomic E-state index is 0.685. The molecule has 0 bridgehead atoms. The Balaban J connectivity index is 1.68. The smallest absolute Gasteiger partial charge is 0.150 e. The van der Waals surface area contributed by atoms with Gasteiger partial charge >= 0.3 is 0 Å². The fraction of sp³-hybridized carbons (Fsp3) is 0.286. The fourth-order valence-electron chi connectivity index (χ4n) is 3.62. The number of furan rings is 1. The van der Waals surface area contributed by atoms with Gasteiger partial charge in [-0.15, -0.1) is 0 Å². The van der Waals surface area contributed by atoms with Crippen molar-refractivity contribution in [2.75, 3.05) is 0 Å². The van der Waals surface area contributed by atoms with Crippen molar-refractivity contribution in [2.45, 2.75) is 38.0 Å². The van der Waals surface area contributed by atoms with Crippen LogP contribution in [0.25, 0.3) is 22.3 Å². The first-order chi connectivity index (χ1) is 11.3. The van der Waals surface area contributed by atoms with Gasteiger partial charge in [-0.05, 0) is 42.5 Å². The molecule has 0 unspecified atom stereocenters. The SMILES string of the molecule is O=Cc1ccc(-c2cc3cc(C4CCCCC4)ccc3o2)cc1. The van der Waals surface area contributed by atoms with Crippen LogP contribution >= 0.6 is 0 Å². The van der Waals surface area contributed by atoms with E-state index in [4.69, 9.17) is 4.42 Å². The van der Waals surface area contributed by atoms with E-state index in [9.17, 15) is 4.79 Å². The molecular formula is C21H20O2. The number of benzene rings is 2. The molecule has 2 aromatic carbocycles. The second kappa shape index (κ2) is 6.04. The maximum Gasteiger partial charge on any atom is 0.150 e. The number of hydrogen-bond acceptors (Lipinski definition) is 2. The zero-order valence-corrected chi connectivity index (χ0v) is 13.1. The van der Waals surface area contributed by atoms with E-state index in [1.165, 1.54) is 43.1 Å². The normalized spacial score (nSPS) is 15.8. The van der Waals surface area contributed by atoms with Crippen LogP contribution in [0.4, 0.5) is 0 Å². The molecule has 116 valence electrons. The number of hydrogen-bond donors (Lipinski definition) is 0. The lowest BCUT2D eigenvalue weighted by Crippen LogP contribution is -2.03. The first-order valence-corrected chi connectivity index (χ1v) is 8.42. The Hall–Kier alpha value is -2.35. The first-order valence-electron chi connectivity index (χ1n) is 8.42. The lowest BCUT2D eigenvalue weighted by molar-refractivity contribution is 0.112. The van der Waals surface area contributed by atoms with Crippen molar-refractivity contribution < 1.29 is 9.21 Å². The van der Waals surface area contributed by atoms with Crippen molar-refractivity contribution in [3.05, 3.63) is 59.7 Å². The maximum atomic E-state index is 10.8. The highest BCUT2D eigenvalue weighted by molar-refractivity contribution is 5.84. The lowest BCUT2D eigenvalue weighted by atomic mass is 9.84. The molecule has 0 saturated heterocycles. The quantitative estimate of drug-likeness (QED) is 0.559. The van der Waals surface area contributed by atoms with Gasteiger partial charge in [-0.1, -0.05) is 49.6 Å². The second-order valence-electron chi connectivity index (χ2n) is 6.48. The Bertz CT molecular complexity index is 821. The van der Waals surface area contributed by atoms with Crippen LogP contribution in [-0.2, 0) is 0 Å². The number of carbonyl (C=O) groups is 1. The molecule has 1 aliphatic rings. The summed E-state index contributed by atoms with van der Waals surface area (Å²) in [4.78, 5) is 10.8. The third kappa shape index (κ3) is 2.81. The molecule has 0 radical (unpaired) electrons. The van der Waals surface area contributed by atoms with Crippen LogP contribution in [-0.4, -0.2) is 6.29 Å². The molecule has 0 spiro atoms. The van der Waals surface area contributed by atoms with Gasteiger partial charge in [0.25, 0.3) is 0 Å². The zero-order chi connectivity index (χ0) is 15.6. The van der Waals surface area contributed by atoms with Gasteiger partial charge in [0, 0.05) is 16.5 Å². The summed E-state index contributed by atoms with van der Waals surface area (Å²) in [6, 6.07) is 16.2. The Morgan fingerprint density at radius 3 is 2.43 bits per heavy atom. The Kier molecular flexibility index (Phi) is 3.74. The van der Waals surface area contributed by atoms with E-state index in [1.54, 1.807) is 0 Å². The van der Waals surface area contributed by atoms with Crippen LogP contribution in [0, 0.1) is 0 Å². The van der Waals surface area contributed by atoms with E-state index in [1.807, 2.05) is 24.3 Å². The van der Waals surface area contributed by atoms with Crippen molar-refractivity contribution in [3.63, 3.8) is 0 Å². The highest BCUT2D eigenvalue weighted by atomic mass is 16.3. The molecule has 1 fully saturated rings. The third-order valence-electron chi connectivity index (χ3n) is 4.95. The molecular weight excluding hydrogens is 284 g/mol. The number of fused-ring (bicyclic) bond motifs is 1. The predicted molar refractivity (Wildman–Crippen MR) is 92.9 cm³/mol. The van der Waals surface area contributed by atoms with Gasteiger partial charge in [-0.2, -0.15) is 0 Å². The summed E-state index contributed by atoms with van der Waals surface area (Å²) in [6.07, 6.45) is 7.56. The zero-order valence-electron chi connectivity index (χ0n) is 13.1. The van der Waals surface area contributed by atoms with E-state index in [-0.39, 0.29) is 0 Å². The van der Waals surface area contributed by atoms with Gasteiger partial charge in [0.1, 0.15) is 17.6 Å². The molecule has 2 nitrogen and oxygen atoms in total. The summed E-state index contributed by atoms with van der Waals surface area (Å²) in [5, 5.41) is 1.17. The van der Waals surface area contributed by atoms with E-state index in [2.05, 4.69) is 24.3 Å². The molecule has 3 aromatic rings. The maximum absolute atomic E-state index is 10.8. The van der Waals surface area contributed by atoms with Gasteiger partial charge in [-0.3, -0.25) is 4.79 Å². The van der Waals surface area contributed by atoms with Crippen molar-refractivity contribution >= 4 is 17.3 Å². The average molecular weight is 304 g/mol. The van der Waals surface area contributed by atoms with Gasteiger partial charge in [-0.25, -0.2) is 0 Å². The van der Waals surface area contributed by atoms with E-state index in [0.29, 0.717) is 11.5 Å². The fourth-order valence-corrected chi connectivity index (χ4v) is 3.62. The molecule has 0 amide bonds.